The fourth-order valence-electron chi connectivity index (χ4n) is 4.95. The summed E-state index contributed by atoms with van der Waals surface area (Å²) >= 11 is 6.50. The van der Waals surface area contributed by atoms with Gasteiger partial charge in [0.05, 0.1) is 15.4 Å². The summed E-state index contributed by atoms with van der Waals surface area (Å²) in [5, 5.41) is 4.50. The van der Waals surface area contributed by atoms with Crippen LogP contribution in [0.4, 0.5) is 15.9 Å². The van der Waals surface area contributed by atoms with Crippen LogP contribution in [-0.4, -0.2) is 60.8 Å². The van der Waals surface area contributed by atoms with E-state index < -0.39 is 10.0 Å². The summed E-state index contributed by atoms with van der Waals surface area (Å²) in [6, 6.07) is 24.3. The summed E-state index contributed by atoms with van der Waals surface area (Å²) in [6.07, 6.45) is 1.49. The second-order valence-corrected chi connectivity index (χ2v) is 12.7. The van der Waals surface area contributed by atoms with Crippen molar-refractivity contribution < 1.29 is 17.5 Å². The number of anilines is 2. The Bertz CT molecular complexity index is 1880. The number of halogens is 2. The second kappa shape index (κ2) is 12.3. The summed E-state index contributed by atoms with van der Waals surface area (Å²) in [6.45, 7) is 2.58. The van der Waals surface area contributed by atoms with Crippen molar-refractivity contribution in [1.29, 1.82) is 0 Å². The van der Waals surface area contributed by atoms with Gasteiger partial charge in [-0.2, -0.15) is 4.31 Å². The number of aromatic nitrogens is 2. The molecule has 1 fully saturated rings. The second-order valence-electron chi connectivity index (χ2n) is 10.4. The molecule has 5 aromatic rings. The molecule has 0 atom stereocenters. The molecule has 43 heavy (non-hydrogen) atoms. The highest BCUT2D eigenvalue weighted by atomic mass is 35.5. The third-order valence-corrected chi connectivity index (χ3v) is 9.61. The normalized spacial score (nSPS) is 14.6. The molecule has 1 aliphatic heterocycles. The van der Waals surface area contributed by atoms with Crippen LogP contribution in [0.2, 0.25) is 5.02 Å². The predicted molar refractivity (Wildman–Crippen MR) is 167 cm³/mol. The molecule has 1 N–H and O–H groups in total. The van der Waals surface area contributed by atoms with Crippen LogP contribution >= 0.6 is 11.6 Å². The molecule has 1 aliphatic rings. The molecule has 1 saturated heterocycles. The Morgan fingerprint density at radius 1 is 0.907 bits per heavy atom. The van der Waals surface area contributed by atoms with E-state index in [1.54, 1.807) is 40.7 Å². The van der Waals surface area contributed by atoms with Gasteiger partial charge < -0.3 is 15.0 Å². The summed E-state index contributed by atoms with van der Waals surface area (Å²) in [5.41, 5.74) is 3.92. The molecule has 0 saturated carbocycles. The van der Waals surface area contributed by atoms with Gasteiger partial charge in [-0.25, -0.2) is 22.8 Å². The van der Waals surface area contributed by atoms with E-state index in [0.29, 0.717) is 54.0 Å². The molecular formula is C32H29ClFN5O3S. The molecule has 11 heteroatoms. The number of ether oxygens (including phenoxy) is 1. The first-order valence-electron chi connectivity index (χ1n) is 13.7. The molecule has 0 amide bonds. The summed E-state index contributed by atoms with van der Waals surface area (Å²) in [7, 11) is -1.55. The highest BCUT2D eigenvalue weighted by Crippen LogP contribution is 2.33. The largest absolute Gasteiger partial charge is 0.487 e. The first-order chi connectivity index (χ1) is 20.8. The smallest absolute Gasteiger partial charge is 0.243 e. The zero-order valence-electron chi connectivity index (χ0n) is 23.4. The quantitative estimate of drug-likeness (QED) is 0.217. The summed E-state index contributed by atoms with van der Waals surface area (Å²) in [5.74, 6) is 0.744. The van der Waals surface area contributed by atoms with E-state index in [0.717, 1.165) is 22.0 Å². The molecule has 0 spiro atoms. The van der Waals surface area contributed by atoms with Crippen molar-refractivity contribution in [3.05, 3.63) is 108 Å². The number of rotatable bonds is 8. The van der Waals surface area contributed by atoms with Gasteiger partial charge in [-0.1, -0.05) is 41.9 Å². The Hall–Kier alpha value is -4.09. The van der Waals surface area contributed by atoms with Gasteiger partial charge in [-0.15, -0.1) is 0 Å². The zero-order chi connectivity index (χ0) is 30.0. The third kappa shape index (κ3) is 6.47. The molecular weight excluding hydrogens is 589 g/mol. The highest BCUT2D eigenvalue weighted by molar-refractivity contribution is 7.89. The molecule has 0 unspecified atom stereocenters. The molecule has 0 aliphatic carbocycles. The first-order valence-corrected chi connectivity index (χ1v) is 15.6. The minimum absolute atomic E-state index is 0.187. The Morgan fingerprint density at radius 3 is 2.42 bits per heavy atom. The van der Waals surface area contributed by atoms with Crippen LogP contribution in [0.1, 0.15) is 5.56 Å². The number of nitrogens with zero attached hydrogens (tertiary/aromatic N) is 4. The molecule has 4 aromatic carbocycles. The van der Waals surface area contributed by atoms with Gasteiger partial charge in [0.15, 0.2) is 0 Å². The number of piperazine rings is 1. The number of benzene rings is 4. The lowest BCUT2D eigenvalue weighted by atomic mass is 10.0. The van der Waals surface area contributed by atoms with Crippen molar-refractivity contribution >= 4 is 44.0 Å². The Morgan fingerprint density at radius 2 is 1.67 bits per heavy atom. The van der Waals surface area contributed by atoms with Crippen LogP contribution in [0.5, 0.6) is 5.75 Å². The van der Waals surface area contributed by atoms with Gasteiger partial charge in [0.2, 0.25) is 10.0 Å². The van der Waals surface area contributed by atoms with E-state index in [4.69, 9.17) is 16.3 Å². The van der Waals surface area contributed by atoms with Crippen LogP contribution in [-0.2, 0) is 16.6 Å². The van der Waals surface area contributed by atoms with Gasteiger partial charge in [0, 0.05) is 37.3 Å². The third-order valence-electron chi connectivity index (χ3n) is 7.40. The zero-order valence-corrected chi connectivity index (χ0v) is 24.9. The summed E-state index contributed by atoms with van der Waals surface area (Å²) in [4.78, 5) is 11.3. The van der Waals surface area contributed by atoms with E-state index in [1.807, 2.05) is 43.4 Å². The van der Waals surface area contributed by atoms with Crippen molar-refractivity contribution in [2.75, 3.05) is 38.5 Å². The van der Waals surface area contributed by atoms with Crippen LogP contribution in [0.3, 0.4) is 0 Å². The van der Waals surface area contributed by atoms with Crippen LogP contribution in [0, 0.1) is 5.82 Å². The maximum Gasteiger partial charge on any atom is 0.243 e. The van der Waals surface area contributed by atoms with Crippen molar-refractivity contribution in [3.8, 4) is 16.9 Å². The molecule has 220 valence electrons. The lowest BCUT2D eigenvalue weighted by Crippen LogP contribution is -2.46. The van der Waals surface area contributed by atoms with Crippen molar-refractivity contribution in [2.24, 2.45) is 0 Å². The lowest BCUT2D eigenvalue weighted by molar-refractivity contribution is 0.222. The fraction of sp³-hybridized carbons (Fsp3) is 0.188. The Kier molecular flexibility index (Phi) is 8.27. The SMILES string of the molecule is CN1CCN(S(=O)(=O)c2ccc(-c3ccc4ncnc(Nc5ccc(OCc6cccc(F)c6)c(Cl)c5)c4c3)cc2)CC1. The molecule has 0 bridgehead atoms. The maximum absolute atomic E-state index is 13.5. The molecule has 0 radical (unpaired) electrons. The summed E-state index contributed by atoms with van der Waals surface area (Å²) < 4.78 is 47.1. The van der Waals surface area contributed by atoms with Crippen molar-refractivity contribution in [3.63, 3.8) is 0 Å². The van der Waals surface area contributed by atoms with Crippen LogP contribution in [0.15, 0.2) is 96.2 Å². The van der Waals surface area contributed by atoms with Gasteiger partial charge >= 0.3 is 0 Å². The van der Waals surface area contributed by atoms with E-state index in [9.17, 15) is 12.8 Å². The van der Waals surface area contributed by atoms with E-state index in [-0.39, 0.29) is 17.3 Å². The van der Waals surface area contributed by atoms with Gasteiger partial charge in [0.1, 0.15) is 30.3 Å². The number of fused-ring (bicyclic) bond motifs is 1. The molecule has 1 aromatic heterocycles. The first kappa shape index (κ1) is 29.0. The van der Waals surface area contributed by atoms with E-state index >= 15 is 0 Å². The number of nitrogens with one attached hydrogen (secondary N) is 1. The monoisotopic (exact) mass is 617 g/mol. The van der Waals surface area contributed by atoms with Crippen LogP contribution in [0.25, 0.3) is 22.0 Å². The Balaban J connectivity index is 1.20. The molecule has 6 rings (SSSR count). The van der Waals surface area contributed by atoms with Gasteiger partial charge in [-0.05, 0) is 78.3 Å². The van der Waals surface area contributed by atoms with Crippen LogP contribution < -0.4 is 10.1 Å². The minimum atomic E-state index is -3.54. The molecule has 8 nitrogen and oxygen atoms in total. The van der Waals surface area contributed by atoms with E-state index in [1.165, 1.54) is 18.5 Å². The fourth-order valence-corrected chi connectivity index (χ4v) is 6.61. The number of hydrogen-bond acceptors (Lipinski definition) is 7. The highest BCUT2D eigenvalue weighted by Gasteiger charge is 2.27. The number of sulfonamides is 1. The number of likely N-dealkylation sites (N-methyl/N-ethyl adjacent to an activating group) is 1. The predicted octanol–water partition coefficient (Wildman–Crippen LogP) is 6.35. The standard InChI is InChI=1S/C32H29ClFN5O3S/c1-38-13-15-39(16-14-38)43(40,41)27-9-5-23(6-10-27)24-7-11-30-28(18-24)32(36-21-35-30)37-26-8-12-31(29(33)19-26)42-20-22-3-2-4-25(34)17-22/h2-12,17-19,21H,13-16,20H2,1H3,(H,35,36,37). The van der Waals surface area contributed by atoms with Crippen molar-refractivity contribution in [2.45, 2.75) is 11.5 Å². The van der Waals surface area contributed by atoms with E-state index in [2.05, 4.69) is 20.2 Å². The van der Waals surface area contributed by atoms with Crippen molar-refractivity contribution in [1.82, 2.24) is 19.2 Å². The molecule has 2 heterocycles. The lowest BCUT2D eigenvalue weighted by Gasteiger charge is -2.31. The number of hydrogen-bond donors (Lipinski definition) is 1. The Labute approximate surface area is 254 Å². The average molecular weight is 618 g/mol. The van der Waals surface area contributed by atoms with Gasteiger partial charge in [0.25, 0.3) is 0 Å². The van der Waals surface area contributed by atoms with Gasteiger partial charge in [-0.3, -0.25) is 0 Å². The minimum Gasteiger partial charge on any atom is -0.487 e. The topological polar surface area (TPSA) is 87.7 Å². The average Bonchev–Trinajstić information content (AvgIpc) is 3.01. The maximum atomic E-state index is 13.5.